The van der Waals surface area contributed by atoms with Crippen LogP contribution >= 0.6 is 12.6 Å². The third-order valence-electron chi connectivity index (χ3n) is 5.76. The van der Waals surface area contributed by atoms with E-state index >= 15 is 0 Å². The van der Waals surface area contributed by atoms with Crippen molar-refractivity contribution < 1.29 is 34.2 Å². The number of phenolic OH excluding ortho intramolecular Hbond substituents is 1. The van der Waals surface area contributed by atoms with Gasteiger partial charge in [0.1, 0.15) is 23.9 Å². The van der Waals surface area contributed by atoms with Crippen LogP contribution in [0, 0.1) is 0 Å². The highest BCUT2D eigenvalue weighted by Gasteiger charge is 2.30. The lowest BCUT2D eigenvalue weighted by molar-refractivity contribution is -0.142. The van der Waals surface area contributed by atoms with Gasteiger partial charge in [-0.1, -0.05) is 42.5 Å². The molecule has 0 heterocycles. The number of nitrogens with one attached hydrogen (secondary N) is 3. The highest BCUT2D eigenvalue weighted by Crippen LogP contribution is 2.12. The van der Waals surface area contributed by atoms with Crippen LogP contribution in [-0.4, -0.2) is 69.7 Å². The second-order valence-corrected chi connectivity index (χ2v) is 9.24. The van der Waals surface area contributed by atoms with Gasteiger partial charge in [-0.05, 0) is 29.7 Å². The Labute approximate surface area is 230 Å². The van der Waals surface area contributed by atoms with Gasteiger partial charge in [0.25, 0.3) is 0 Å². The first kappa shape index (κ1) is 31.1. The van der Waals surface area contributed by atoms with Crippen LogP contribution in [0.4, 0.5) is 0 Å². The van der Waals surface area contributed by atoms with Gasteiger partial charge in [-0.2, -0.15) is 12.6 Å². The minimum absolute atomic E-state index is 0.0125. The van der Waals surface area contributed by atoms with Crippen molar-refractivity contribution in [3.63, 3.8) is 0 Å². The van der Waals surface area contributed by atoms with Crippen molar-refractivity contribution in [3.8, 4) is 5.75 Å². The van der Waals surface area contributed by atoms with Crippen molar-refractivity contribution in [1.82, 2.24) is 16.0 Å². The fourth-order valence-corrected chi connectivity index (χ4v) is 3.83. The molecule has 2 aromatic carbocycles. The number of carboxylic acid groups (broad SMARTS) is 1. The molecule has 210 valence electrons. The summed E-state index contributed by atoms with van der Waals surface area (Å²) in [6.07, 6.45) is -0.119. The van der Waals surface area contributed by atoms with Gasteiger partial charge >= 0.3 is 5.97 Å². The number of benzene rings is 2. The van der Waals surface area contributed by atoms with Crippen LogP contribution in [0.15, 0.2) is 54.6 Å². The van der Waals surface area contributed by atoms with E-state index in [0.717, 1.165) is 5.56 Å². The van der Waals surface area contributed by atoms with Gasteiger partial charge in [0.2, 0.25) is 23.6 Å². The SMILES string of the molecule is NC(=O)CCC(N)C(=O)NC(Cc1ccccc1)C(=O)NC(CS)C(=O)NC(Cc1ccc(O)cc1)C(=O)O. The van der Waals surface area contributed by atoms with Gasteiger partial charge in [0.15, 0.2) is 0 Å². The van der Waals surface area contributed by atoms with Crippen LogP contribution in [0.3, 0.4) is 0 Å². The second-order valence-electron chi connectivity index (χ2n) is 8.88. The summed E-state index contributed by atoms with van der Waals surface area (Å²) in [5.74, 6) is -4.24. The number of hydrogen-bond donors (Lipinski definition) is 8. The quantitative estimate of drug-likeness (QED) is 0.130. The molecule has 2 aromatic rings. The third kappa shape index (κ3) is 10.7. The van der Waals surface area contributed by atoms with Crippen molar-refractivity contribution in [3.05, 3.63) is 65.7 Å². The van der Waals surface area contributed by atoms with Crippen molar-refractivity contribution in [2.24, 2.45) is 11.5 Å². The summed E-state index contributed by atoms with van der Waals surface area (Å²) in [6.45, 7) is 0. The normalized spacial score (nSPS) is 13.8. The molecule has 0 aliphatic heterocycles. The van der Waals surface area contributed by atoms with Gasteiger partial charge in [-0.25, -0.2) is 4.79 Å². The molecular formula is C26H33N5O7S. The number of aliphatic carboxylic acids is 1. The number of primary amides is 1. The Hall–Kier alpha value is -4.10. The van der Waals surface area contributed by atoms with E-state index in [9.17, 15) is 34.2 Å². The topological polar surface area (TPSA) is 214 Å². The zero-order valence-electron chi connectivity index (χ0n) is 21.1. The van der Waals surface area contributed by atoms with E-state index in [-0.39, 0.29) is 37.2 Å². The summed E-state index contributed by atoms with van der Waals surface area (Å²) >= 11 is 4.13. The average Bonchev–Trinajstić information content (AvgIpc) is 2.90. The molecule has 0 fully saturated rings. The van der Waals surface area contributed by atoms with E-state index in [1.165, 1.54) is 24.3 Å². The fourth-order valence-electron chi connectivity index (χ4n) is 3.57. The number of nitrogens with two attached hydrogens (primary N) is 2. The third-order valence-corrected chi connectivity index (χ3v) is 6.13. The summed E-state index contributed by atoms with van der Waals surface area (Å²) in [4.78, 5) is 61.5. The van der Waals surface area contributed by atoms with E-state index < -0.39 is 53.8 Å². The molecule has 0 aliphatic rings. The zero-order chi connectivity index (χ0) is 28.9. The molecule has 0 radical (unpaired) electrons. The van der Waals surface area contributed by atoms with Crippen LogP contribution in [0.5, 0.6) is 5.75 Å². The Morgan fingerprint density at radius 3 is 1.85 bits per heavy atom. The minimum Gasteiger partial charge on any atom is -0.508 e. The number of thiol groups is 1. The maximum atomic E-state index is 13.2. The largest absolute Gasteiger partial charge is 0.508 e. The lowest BCUT2D eigenvalue weighted by atomic mass is 10.0. The molecule has 13 heteroatoms. The monoisotopic (exact) mass is 559 g/mol. The first-order chi connectivity index (χ1) is 18.5. The van der Waals surface area contributed by atoms with Crippen LogP contribution in [0.1, 0.15) is 24.0 Å². The van der Waals surface area contributed by atoms with Gasteiger partial charge in [0, 0.05) is 25.0 Å². The zero-order valence-corrected chi connectivity index (χ0v) is 22.0. The van der Waals surface area contributed by atoms with Crippen molar-refractivity contribution in [2.45, 2.75) is 49.9 Å². The van der Waals surface area contributed by atoms with Gasteiger partial charge < -0.3 is 37.6 Å². The predicted molar refractivity (Wildman–Crippen MR) is 146 cm³/mol. The fraction of sp³-hybridized carbons (Fsp3) is 0.346. The number of amides is 4. The lowest BCUT2D eigenvalue weighted by Gasteiger charge is -2.24. The molecule has 0 saturated carbocycles. The first-order valence-electron chi connectivity index (χ1n) is 12.1. The Balaban J connectivity index is 2.12. The average molecular weight is 560 g/mol. The maximum absolute atomic E-state index is 13.2. The molecule has 39 heavy (non-hydrogen) atoms. The lowest BCUT2D eigenvalue weighted by Crippen LogP contribution is -2.58. The number of carboxylic acids is 1. The van der Waals surface area contributed by atoms with Crippen LogP contribution in [0.25, 0.3) is 0 Å². The molecule has 9 N–H and O–H groups in total. The number of hydrogen-bond acceptors (Lipinski definition) is 8. The van der Waals surface area contributed by atoms with Gasteiger partial charge in [0.05, 0.1) is 6.04 Å². The van der Waals surface area contributed by atoms with Crippen molar-refractivity contribution in [1.29, 1.82) is 0 Å². The molecule has 4 unspecified atom stereocenters. The standard InChI is InChI=1S/C26H33N5O7S/c27-18(10-11-22(28)33)23(34)29-19(12-15-4-2-1-3-5-15)24(35)31-21(14-39)25(36)30-20(26(37)38)13-16-6-8-17(32)9-7-16/h1-9,18-21,32,39H,10-14,27H2,(H2,28,33)(H,29,34)(H,30,36)(H,31,35)(H,37,38). The summed E-state index contributed by atoms with van der Waals surface area (Å²) < 4.78 is 0. The smallest absolute Gasteiger partial charge is 0.326 e. The van der Waals surface area contributed by atoms with E-state index in [0.29, 0.717) is 5.56 Å². The van der Waals surface area contributed by atoms with Crippen LogP contribution < -0.4 is 27.4 Å². The van der Waals surface area contributed by atoms with Crippen molar-refractivity contribution in [2.75, 3.05) is 5.75 Å². The molecule has 4 amide bonds. The molecular weight excluding hydrogens is 526 g/mol. The summed E-state index contributed by atoms with van der Waals surface area (Å²) in [5.41, 5.74) is 12.2. The highest BCUT2D eigenvalue weighted by molar-refractivity contribution is 7.80. The second kappa shape index (κ2) is 15.3. The van der Waals surface area contributed by atoms with E-state index in [1.54, 1.807) is 30.3 Å². The van der Waals surface area contributed by atoms with Gasteiger partial charge in [-0.3, -0.25) is 19.2 Å². The number of rotatable bonds is 15. The molecule has 0 aliphatic carbocycles. The number of aromatic hydroxyl groups is 1. The summed E-state index contributed by atoms with van der Waals surface area (Å²) in [7, 11) is 0. The number of carbonyl (C=O) groups excluding carboxylic acids is 4. The minimum atomic E-state index is -1.32. The van der Waals surface area contributed by atoms with Gasteiger partial charge in [-0.15, -0.1) is 0 Å². The van der Waals surface area contributed by atoms with Crippen LogP contribution in [0.2, 0.25) is 0 Å². The van der Waals surface area contributed by atoms with Crippen LogP contribution in [-0.2, 0) is 36.8 Å². The van der Waals surface area contributed by atoms with E-state index in [1.807, 2.05) is 0 Å². The Morgan fingerprint density at radius 1 is 0.769 bits per heavy atom. The highest BCUT2D eigenvalue weighted by atomic mass is 32.1. The molecule has 2 rings (SSSR count). The Bertz CT molecular complexity index is 1150. The first-order valence-corrected chi connectivity index (χ1v) is 12.7. The number of phenols is 1. The molecule has 4 atom stereocenters. The molecule has 0 bridgehead atoms. The Morgan fingerprint density at radius 2 is 1.28 bits per heavy atom. The molecule has 0 aromatic heterocycles. The van der Waals surface area contributed by atoms with E-state index in [2.05, 4.69) is 28.6 Å². The maximum Gasteiger partial charge on any atom is 0.326 e. The number of carbonyl (C=O) groups is 5. The summed E-state index contributed by atoms with van der Waals surface area (Å²) in [6, 6.07) is 9.89. The predicted octanol–water partition coefficient (Wildman–Crippen LogP) is -0.761. The summed E-state index contributed by atoms with van der Waals surface area (Å²) in [5, 5.41) is 26.5. The Kier molecular flexibility index (Phi) is 12.2. The molecule has 0 spiro atoms. The molecule has 12 nitrogen and oxygen atoms in total. The van der Waals surface area contributed by atoms with Crippen molar-refractivity contribution >= 4 is 42.2 Å². The molecule has 0 saturated heterocycles. The van der Waals surface area contributed by atoms with E-state index in [4.69, 9.17) is 11.5 Å².